The summed E-state index contributed by atoms with van der Waals surface area (Å²) >= 11 is 0. The van der Waals surface area contributed by atoms with Gasteiger partial charge < -0.3 is 5.32 Å². The number of anilines is 1. The largest absolute Gasteiger partial charge is 0.367 e. The molecule has 0 bridgehead atoms. The highest BCUT2D eigenvalue weighted by Crippen LogP contribution is 2.21. The van der Waals surface area contributed by atoms with Crippen molar-refractivity contribution in [2.45, 2.75) is 38.1 Å². The summed E-state index contributed by atoms with van der Waals surface area (Å²) in [5.41, 5.74) is 0. The van der Waals surface area contributed by atoms with Gasteiger partial charge in [-0.05, 0) is 18.9 Å². The zero-order valence-corrected chi connectivity index (χ0v) is 10.3. The number of hydrogen-bond acceptors (Lipinski definition) is 4. The molecule has 0 unspecified atom stereocenters. The highest BCUT2D eigenvalue weighted by molar-refractivity contribution is 5.40. The molecule has 1 aliphatic rings. The van der Waals surface area contributed by atoms with Crippen LogP contribution in [0.3, 0.4) is 0 Å². The second kappa shape index (κ2) is 5.16. The summed E-state index contributed by atoms with van der Waals surface area (Å²) in [5.74, 6) is 1.69. The summed E-state index contributed by atoms with van der Waals surface area (Å²) in [7, 11) is 0. The molecule has 2 aromatic rings. The first-order chi connectivity index (χ1) is 8.92. The zero-order valence-electron chi connectivity index (χ0n) is 10.3. The van der Waals surface area contributed by atoms with E-state index in [0.717, 1.165) is 11.6 Å². The summed E-state index contributed by atoms with van der Waals surface area (Å²) in [5, 5.41) is 7.66. The molecule has 0 atom stereocenters. The van der Waals surface area contributed by atoms with Gasteiger partial charge in [-0.15, -0.1) is 0 Å². The van der Waals surface area contributed by atoms with Gasteiger partial charge in [0.2, 0.25) is 0 Å². The standard InChI is InChI=1S/C13H17N5/c1-2-5-11(6-3-1)17-12-9-13(15-10-14-12)18-8-4-7-16-18/h4,7-11H,1-3,5-6H2,(H,14,15,17). The Hall–Kier alpha value is -1.91. The Labute approximate surface area is 106 Å². The van der Waals surface area contributed by atoms with Crippen LogP contribution in [0, 0.1) is 0 Å². The fourth-order valence-corrected chi connectivity index (χ4v) is 2.41. The first-order valence-corrected chi connectivity index (χ1v) is 6.50. The van der Waals surface area contributed by atoms with Crippen LogP contribution in [0.1, 0.15) is 32.1 Å². The predicted molar refractivity (Wildman–Crippen MR) is 69.6 cm³/mol. The normalized spacial score (nSPS) is 16.7. The molecular weight excluding hydrogens is 226 g/mol. The second-order valence-corrected chi connectivity index (χ2v) is 4.69. The van der Waals surface area contributed by atoms with Gasteiger partial charge in [0.25, 0.3) is 0 Å². The fraction of sp³-hybridized carbons (Fsp3) is 0.462. The Morgan fingerprint density at radius 1 is 1.17 bits per heavy atom. The molecule has 1 aliphatic carbocycles. The van der Waals surface area contributed by atoms with Crippen LogP contribution >= 0.6 is 0 Å². The lowest BCUT2D eigenvalue weighted by Gasteiger charge is -2.23. The van der Waals surface area contributed by atoms with Crippen molar-refractivity contribution >= 4 is 5.82 Å². The van der Waals surface area contributed by atoms with Gasteiger partial charge in [-0.2, -0.15) is 5.10 Å². The van der Waals surface area contributed by atoms with Gasteiger partial charge >= 0.3 is 0 Å². The molecule has 1 N–H and O–H groups in total. The van der Waals surface area contributed by atoms with Crippen LogP contribution in [0.15, 0.2) is 30.9 Å². The van der Waals surface area contributed by atoms with Gasteiger partial charge in [-0.25, -0.2) is 14.6 Å². The SMILES string of the molecule is c1cnn(-c2cc(NC3CCCCC3)ncn2)c1. The Balaban J connectivity index is 1.74. The van der Waals surface area contributed by atoms with E-state index in [-0.39, 0.29) is 0 Å². The number of nitrogens with one attached hydrogen (secondary N) is 1. The van der Waals surface area contributed by atoms with Crippen LogP contribution in [0.2, 0.25) is 0 Å². The van der Waals surface area contributed by atoms with Crippen LogP contribution in [-0.2, 0) is 0 Å². The zero-order chi connectivity index (χ0) is 12.2. The van der Waals surface area contributed by atoms with Crippen molar-refractivity contribution in [1.82, 2.24) is 19.7 Å². The molecule has 5 heteroatoms. The van der Waals surface area contributed by atoms with E-state index in [1.54, 1.807) is 17.2 Å². The van der Waals surface area contributed by atoms with E-state index in [0.29, 0.717) is 6.04 Å². The summed E-state index contributed by atoms with van der Waals surface area (Å²) in [6.45, 7) is 0. The monoisotopic (exact) mass is 243 g/mol. The Morgan fingerprint density at radius 3 is 2.83 bits per heavy atom. The number of hydrogen-bond donors (Lipinski definition) is 1. The maximum absolute atomic E-state index is 4.28. The minimum absolute atomic E-state index is 0.555. The van der Waals surface area contributed by atoms with E-state index in [9.17, 15) is 0 Å². The molecule has 94 valence electrons. The van der Waals surface area contributed by atoms with E-state index in [1.165, 1.54) is 32.1 Å². The maximum atomic E-state index is 4.28. The number of rotatable bonds is 3. The molecule has 1 fully saturated rings. The lowest BCUT2D eigenvalue weighted by atomic mass is 9.95. The number of nitrogens with zero attached hydrogens (tertiary/aromatic N) is 4. The Morgan fingerprint density at radius 2 is 2.06 bits per heavy atom. The van der Waals surface area contributed by atoms with Crippen molar-refractivity contribution in [1.29, 1.82) is 0 Å². The van der Waals surface area contributed by atoms with E-state index in [4.69, 9.17) is 0 Å². The minimum Gasteiger partial charge on any atom is -0.367 e. The van der Waals surface area contributed by atoms with Crippen LogP contribution in [0.5, 0.6) is 0 Å². The highest BCUT2D eigenvalue weighted by Gasteiger charge is 2.13. The van der Waals surface area contributed by atoms with Gasteiger partial charge in [-0.3, -0.25) is 0 Å². The second-order valence-electron chi connectivity index (χ2n) is 4.69. The summed E-state index contributed by atoms with van der Waals surface area (Å²) in [4.78, 5) is 8.50. The summed E-state index contributed by atoms with van der Waals surface area (Å²) in [6, 6.07) is 4.39. The van der Waals surface area contributed by atoms with E-state index < -0.39 is 0 Å². The van der Waals surface area contributed by atoms with Crippen LogP contribution in [0.25, 0.3) is 5.82 Å². The van der Waals surface area contributed by atoms with Gasteiger partial charge in [0.1, 0.15) is 12.1 Å². The van der Waals surface area contributed by atoms with Crippen LogP contribution < -0.4 is 5.32 Å². The van der Waals surface area contributed by atoms with Crippen molar-refractivity contribution in [2.75, 3.05) is 5.32 Å². The highest BCUT2D eigenvalue weighted by atomic mass is 15.3. The lowest BCUT2D eigenvalue weighted by molar-refractivity contribution is 0.462. The predicted octanol–water partition coefficient (Wildman–Crippen LogP) is 2.41. The summed E-state index contributed by atoms with van der Waals surface area (Å²) in [6.07, 6.45) is 11.7. The molecule has 1 saturated carbocycles. The molecule has 2 aromatic heterocycles. The van der Waals surface area contributed by atoms with Gasteiger partial charge in [0.05, 0.1) is 0 Å². The van der Waals surface area contributed by atoms with Crippen LogP contribution in [0.4, 0.5) is 5.82 Å². The molecule has 0 radical (unpaired) electrons. The van der Waals surface area contributed by atoms with Crippen molar-refractivity contribution in [3.63, 3.8) is 0 Å². The average Bonchev–Trinajstić information content (AvgIpc) is 2.94. The summed E-state index contributed by atoms with van der Waals surface area (Å²) < 4.78 is 1.74. The molecule has 3 rings (SSSR count). The Kier molecular flexibility index (Phi) is 3.21. The molecule has 0 saturated heterocycles. The number of aromatic nitrogens is 4. The molecule has 0 amide bonds. The molecule has 18 heavy (non-hydrogen) atoms. The van der Waals surface area contributed by atoms with Gasteiger partial charge in [-0.1, -0.05) is 19.3 Å². The first-order valence-electron chi connectivity index (χ1n) is 6.50. The third kappa shape index (κ3) is 2.50. The third-order valence-corrected chi connectivity index (χ3v) is 3.35. The van der Waals surface area contributed by atoms with Crippen LogP contribution in [-0.4, -0.2) is 25.8 Å². The van der Waals surface area contributed by atoms with Crippen molar-refractivity contribution < 1.29 is 0 Å². The van der Waals surface area contributed by atoms with E-state index in [1.807, 2.05) is 18.3 Å². The van der Waals surface area contributed by atoms with Gasteiger partial charge in [0.15, 0.2) is 5.82 Å². The van der Waals surface area contributed by atoms with Gasteiger partial charge in [0, 0.05) is 24.5 Å². The average molecular weight is 243 g/mol. The topological polar surface area (TPSA) is 55.6 Å². The first kappa shape index (κ1) is 11.2. The fourth-order valence-electron chi connectivity index (χ4n) is 2.41. The van der Waals surface area contributed by atoms with Crippen molar-refractivity contribution in [3.8, 4) is 5.82 Å². The quantitative estimate of drug-likeness (QED) is 0.899. The van der Waals surface area contributed by atoms with E-state index >= 15 is 0 Å². The van der Waals surface area contributed by atoms with E-state index in [2.05, 4.69) is 20.4 Å². The smallest absolute Gasteiger partial charge is 0.158 e. The molecule has 5 nitrogen and oxygen atoms in total. The molecule has 2 heterocycles. The third-order valence-electron chi connectivity index (χ3n) is 3.35. The minimum atomic E-state index is 0.555. The molecule has 0 aliphatic heterocycles. The van der Waals surface area contributed by atoms with Crippen molar-refractivity contribution in [3.05, 3.63) is 30.9 Å². The van der Waals surface area contributed by atoms with Crippen molar-refractivity contribution in [2.24, 2.45) is 0 Å². The molecule has 0 aromatic carbocycles. The Bertz CT molecular complexity index is 488. The maximum Gasteiger partial charge on any atom is 0.158 e. The molecule has 0 spiro atoms. The lowest BCUT2D eigenvalue weighted by Crippen LogP contribution is -2.23. The molecular formula is C13H17N5.